The van der Waals surface area contributed by atoms with E-state index in [2.05, 4.69) is 45.7 Å². The van der Waals surface area contributed by atoms with Crippen molar-refractivity contribution in [3.05, 3.63) is 42.0 Å². The minimum absolute atomic E-state index is 0.184. The van der Waals surface area contributed by atoms with E-state index < -0.39 is 0 Å². The third kappa shape index (κ3) is 2.60. The molecule has 0 aromatic heterocycles. The van der Waals surface area contributed by atoms with Gasteiger partial charge in [0.25, 0.3) is 0 Å². The van der Waals surface area contributed by atoms with Crippen molar-refractivity contribution >= 4 is 44.8 Å². The summed E-state index contributed by atoms with van der Waals surface area (Å²) < 4.78 is 0.527. The normalized spacial score (nSPS) is 10.5. The van der Waals surface area contributed by atoms with E-state index in [4.69, 9.17) is 0 Å². The first-order valence-corrected chi connectivity index (χ1v) is 6.94. The number of ketones is 1. The molecule has 0 amide bonds. The van der Waals surface area contributed by atoms with Gasteiger partial charge < -0.3 is 4.90 Å². The van der Waals surface area contributed by atoms with Crippen LogP contribution in [-0.4, -0.2) is 24.3 Å². The summed E-state index contributed by atoms with van der Waals surface area (Å²) in [6.07, 6.45) is 0. The van der Waals surface area contributed by atoms with Crippen LogP contribution >= 0.6 is 22.6 Å². The van der Waals surface area contributed by atoms with Crippen molar-refractivity contribution < 1.29 is 4.79 Å². The van der Waals surface area contributed by atoms with E-state index in [1.807, 2.05) is 32.3 Å². The van der Waals surface area contributed by atoms with Crippen LogP contribution in [0.5, 0.6) is 0 Å². The molecule has 0 atom stereocenters. The first-order chi connectivity index (χ1) is 8.11. The minimum atomic E-state index is 0.184. The van der Waals surface area contributed by atoms with Crippen molar-refractivity contribution in [3.8, 4) is 0 Å². The number of anilines is 1. The number of rotatable bonds is 3. The van der Waals surface area contributed by atoms with Gasteiger partial charge in [0.15, 0.2) is 5.78 Å². The third-order valence-corrected chi connectivity index (χ3v) is 3.48. The molecular weight excluding hydrogens is 325 g/mol. The Labute approximate surface area is 115 Å². The number of fused-ring (bicyclic) bond motifs is 1. The van der Waals surface area contributed by atoms with E-state index >= 15 is 0 Å². The molecule has 0 aliphatic heterocycles. The van der Waals surface area contributed by atoms with Crippen molar-refractivity contribution in [1.29, 1.82) is 0 Å². The molecule has 0 saturated carbocycles. The number of halogens is 1. The Bertz CT molecular complexity index is 563. The van der Waals surface area contributed by atoms with Crippen molar-refractivity contribution in [1.82, 2.24) is 0 Å². The predicted molar refractivity (Wildman–Crippen MR) is 81.5 cm³/mol. The van der Waals surface area contributed by atoms with Crippen molar-refractivity contribution in [2.75, 3.05) is 23.4 Å². The molecule has 0 aliphatic rings. The summed E-state index contributed by atoms with van der Waals surface area (Å²) in [5, 5.41) is 2.28. The van der Waals surface area contributed by atoms with Gasteiger partial charge in [-0.2, -0.15) is 0 Å². The van der Waals surface area contributed by atoms with E-state index in [-0.39, 0.29) is 5.78 Å². The van der Waals surface area contributed by atoms with E-state index in [0.717, 1.165) is 10.9 Å². The van der Waals surface area contributed by atoms with Gasteiger partial charge in [-0.3, -0.25) is 4.79 Å². The Hall–Kier alpha value is -1.10. The summed E-state index contributed by atoms with van der Waals surface area (Å²) in [4.78, 5) is 13.7. The largest absolute Gasteiger partial charge is 0.378 e. The molecule has 0 spiro atoms. The van der Waals surface area contributed by atoms with Crippen LogP contribution in [0.15, 0.2) is 36.4 Å². The maximum absolute atomic E-state index is 11.6. The monoisotopic (exact) mass is 339 g/mol. The van der Waals surface area contributed by atoms with E-state index in [1.54, 1.807) is 0 Å². The van der Waals surface area contributed by atoms with Crippen LogP contribution in [0.25, 0.3) is 10.8 Å². The number of carbonyl (C=O) groups is 1. The van der Waals surface area contributed by atoms with Crippen LogP contribution in [0.2, 0.25) is 0 Å². The zero-order valence-corrected chi connectivity index (χ0v) is 12.1. The zero-order valence-electron chi connectivity index (χ0n) is 9.90. The average molecular weight is 339 g/mol. The van der Waals surface area contributed by atoms with Gasteiger partial charge in [0.2, 0.25) is 0 Å². The second-order valence-corrected chi connectivity index (χ2v) is 4.96. The zero-order chi connectivity index (χ0) is 12.4. The molecule has 2 rings (SSSR count). The number of carbonyl (C=O) groups excluding carboxylic acids is 1. The molecule has 0 heterocycles. The maximum Gasteiger partial charge on any atom is 0.172 e. The van der Waals surface area contributed by atoms with Gasteiger partial charge >= 0.3 is 0 Å². The van der Waals surface area contributed by atoms with Gasteiger partial charge in [0.05, 0.1) is 4.43 Å². The first-order valence-electron chi connectivity index (χ1n) is 5.42. The smallest absolute Gasteiger partial charge is 0.172 e. The van der Waals surface area contributed by atoms with Crippen LogP contribution in [0.1, 0.15) is 10.4 Å². The molecular formula is C14H14INO. The second kappa shape index (κ2) is 5.04. The second-order valence-electron chi connectivity index (χ2n) is 4.20. The summed E-state index contributed by atoms with van der Waals surface area (Å²) in [5.74, 6) is 0.184. The summed E-state index contributed by atoms with van der Waals surface area (Å²) in [7, 11) is 4.05. The standard InChI is InChI=1S/C14H14INO/c1-16(2)13-6-5-10-7-12(14(17)9-15)4-3-11(10)8-13/h3-8H,9H2,1-2H3. The van der Waals surface area contributed by atoms with Crippen molar-refractivity contribution in [2.24, 2.45) is 0 Å². The first kappa shape index (κ1) is 12.4. The Kier molecular flexibility index (Phi) is 3.66. The van der Waals surface area contributed by atoms with E-state index in [1.165, 1.54) is 11.1 Å². The number of Topliss-reactive ketones (excluding diaryl/α,β-unsaturated/α-hetero) is 1. The van der Waals surface area contributed by atoms with E-state index in [0.29, 0.717) is 4.43 Å². The third-order valence-electron chi connectivity index (χ3n) is 2.78. The number of hydrogen-bond acceptors (Lipinski definition) is 2. The molecule has 0 fully saturated rings. The molecule has 0 radical (unpaired) electrons. The lowest BCUT2D eigenvalue weighted by Gasteiger charge is -2.13. The lowest BCUT2D eigenvalue weighted by atomic mass is 10.0. The van der Waals surface area contributed by atoms with Crippen LogP contribution in [-0.2, 0) is 0 Å². The maximum atomic E-state index is 11.6. The highest BCUT2D eigenvalue weighted by molar-refractivity contribution is 14.1. The predicted octanol–water partition coefficient (Wildman–Crippen LogP) is 3.52. The van der Waals surface area contributed by atoms with Crippen molar-refractivity contribution in [3.63, 3.8) is 0 Å². The highest BCUT2D eigenvalue weighted by atomic mass is 127. The molecule has 0 saturated heterocycles. The number of hydrogen-bond donors (Lipinski definition) is 0. The van der Waals surface area contributed by atoms with Crippen LogP contribution in [0.4, 0.5) is 5.69 Å². The Balaban J connectivity index is 2.50. The molecule has 2 nitrogen and oxygen atoms in total. The highest BCUT2D eigenvalue weighted by Crippen LogP contribution is 2.22. The topological polar surface area (TPSA) is 20.3 Å². The van der Waals surface area contributed by atoms with Crippen molar-refractivity contribution in [2.45, 2.75) is 0 Å². The van der Waals surface area contributed by atoms with Crippen LogP contribution in [0.3, 0.4) is 0 Å². The number of benzene rings is 2. The Morgan fingerprint density at radius 2 is 1.76 bits per heavy atom. The SMILES string of the molecule is CN(C)c1ccc2cc(C(=O)CI)ccc2c1. The van der Waals surface area contributed by atoms with Crippen LogP contribution < -0.4 is 4.90 Å². The van der Waals surface area contributed by atoms with Crippen LogP contribution in [0, 0.1) is 0 Å². The highest BCUT2D eigenvalue weighted by Gasteiger charge is 2.05. The quantitative estimate of drug-likeness (QED) is 0.484. The van der Waals surface area contributed by atoms with E-state index in [9.17, 15) is 4.79 Å². The molecule has 3 heteroatoms. The molecule has 88 valence electrons. The molecule has 0 unspecified atom stereocenters. The Morgan fingerprint density at radius 3 is 2.41 bits per heavy atom. The van der Waals surface area contributed by atoms with Gasteiger partial charge in [0, 0.05) is 25.3 Å². The van der Waals surface area contributed by atoms with Gasteiger partial charge in [-0.25, -0.2) is 0 Å². The van der Waals surface area contributed by atoms with Gasteiger partial charge in [-0.1, -0.05) is 40.8 Å². The summed E-state index contributed by atoms with van der Waals surface area (Å²) in [5.41, 5.74) is 1.97. The summed E-state index contributed by atoms with van der Waals surface area (Å²) in [6, 6.07) is 12.2. The minimum Gasteiger partial charge on any atom is -0.378 e. The average Bonchev–Trinajstić information content (AvgIpc) is 2.36. The molecule has 0 bridgehead atoms. The molecule has 2 aromatic rings. The lowest BCUT2D eigenvalue weighted by Crippen LogP contribution is -2.08. The fourth-order valence-corrected chi connectivity index (χ4v) is 2.20. The Morgan fingerprint density at radius 1 is 1.12 bits per heavy atom. The number of alkyl halides is 1. The summed E-state index contributed by atoms with van der Waals surface area (Å²) in [6.45, 7) is 0. The van der Waals surface area contributed by atoms with Gasteiger partial charge in [-0.15, -0.1) is 0 Å². The molecule has 0 aliphatic carbocycles. The van der Waals surface area contributed by atoms with Gasteiger partial charge in [-0.05, 0) is 29.0 Å². The summed E-state index contributed by atoms with van der Waals surface area (Å²) >= 11 is 2.10. The molecule has 2 aromatic carbocycles. The number of nitrogens with zero attached hydrogens (tertiary/aromatic N) is 1. The molecule has 0 N–H and O–H groups in total. The lowest BCUT2D eigenvalue weighted by molar-refractivity contribution is 0.102. The van der Waals surface area contributed by atoms with Gasteiger partial charge in [0.1, 0.15) is 0 Å². The molecule has 17 heavy (non-hydrogen) atoms. The fraction of sp³-hybridized carbons (Fsp3) is 0.214. The fourth-order valence-electron chi connectivity index (χ4n) is 1.76.